The first-order chi connectivity index (χ1) is 14.5. The first kappa shape index (κ1) is 21.5. The lowest BCUT2D eigenvalue weighted by molar-refractivity contribution is -0.122. The van der Waals surface area contributed by atoms with Crippen molar-refractivity contribution in [1.29, 1.82) is 0 Å². The van der Waals surface area contributed by atoms with Gasteiger partial charge in [0.05, 0.1) is 7.11 Å². The van der Waals surface area contributed by atoms with Crippen LogP contribution in [-0.2, 0) is 22.4 Å². The van der Waals surface area contributed by atoms with Crippen molar-refractivity contribution in [3.8, 4) is 11.5 Å². The van der Waals surface area contributed by atoms with Crippen LogP contribution < -0.4 is 20.1 Å². The molecule has 1 aliphatic heterocycles. The molecule has 2 amide bonds. The van der Waals surface area contributed by atoms with Crippen molar-refractivity contribution in [2.24, 2.45) is 5.92 Å². The van der Waals surface area contributed by atoms with Gasteiger partial charge in [-0.3, -0.25) is 9.59 Å². The van der Waals surface area contributed by atoms with Gasteiger partial charge in [-0.1, -0.05) is 24.3 Å². The minimum atomic E-state index is -2.95. The van der Waals surface area contributed by atoms with Gasteiger partial charge in [0.25, 0.3) is 0 Å². The van der Waals surface area contributed by atoms with E-state index in [-0.39, 0.29) is 35.7 Å². The molecule has 30 heavy (non-hydrogen) atoms. The zero-order valence-corrected chi connectivity index (χ0v) is 16.6. The fourth-order valence-corrected chi connectivity index (χ4v) is 3.45. The number of carbonyl (C=O) groups excluding carboxylic acids is 2. The van der Waals surface area contributed by atoms with Gasteiger partial charge in [0.2, 0.25) is 11.8 Å². The van der Waals surface area contributed by atoms with Crippen molar-refractivity contribution < 1.29 is 27.8 Å². The van der Waals surface area contributed by atoms with Crippen LogP contribution in [0.1, 0.15) is 24.0 Å². The molecule has 2 aromatic carbocycles. The van der Waals surface area contributed by atoms with Gasteiger partial charge in [0.15, 0.2) is 11.5 Å². The second kappa shape index (κ2) is 10.0. The van der Waals surface area contributed by atoms with E-state index in [9.17, 15) is 18.4 Å². The van der Waals surface area contributed by atoms with Crippen molar-refractivity contribution in [3.05, 3.63) is 53.6 Å². The van der Waals surface area contributed by atoms with Crippen molar-refractivity contribution in [3.63, 3.8) is 0 Å². The second-order valence-electron chi connectivity index (χ2n) is 7.05. The zero-order valence-electron chi connectivity index (χ0n) is 16.6. The Labute approximate surface area is 173 Å². The Kier molecular flexibility index (Phi) is 7.21. The molecular weight excluding hydrogens is 394 g/mol. The number of fused-ring (bicyclic) bond motifs is 1. The van der Waals surface area contributed by atoms with E-state index in [4.69, 9.17) is 4.74 Å². The zero-order chi connectivity index (χ0) is 21.5. The van der Waals surface area contributed by atoms with Gasteiger partial charge in [0.1, 0.15) is 0 Å². The van der Waals surface area contributed by atoms with Gasteiger partial charge in [-0.05, 0) is 48.6 Å². The summed E-state index contributed by atoms with van der Waals surface area (Å²) in [6.45, 7) is -2.60. The molecular formula is C22H24F2N2O4. The molecule has 1 aliphatic rings. The highest BCUT2D eigenvalue weighted by molar-refractivity contribution is 5.96. The van der Waals surface area contributed by atoms with Gasteiger partial charge in [-0.2, -0.15) is 8.78 Å². The topological polar surface area (TPSA) is 76.7 Å². The van der Waals surface area contributed by atoms with Crippen LogP contribution >= 0.6 is 0 Å². The van der Waals surface area contributed by atoms with Gasteiger partial charge < -0.3 is 20.1 Å². The number of amides is 2. The van der Waals surface area contributed by atoms with Gasteiger partial charge >= 0.3 is 6.61 Å². The molecule has 0 spiro atoms. The summed E-state index contributed by atoms with van der Waals surface area (Å²) in [5.74, 6) is -0.276. The molecule has 0 aliphatic carbocycles. The number of anilines is 1. The van der Waals surface area contributed by atoms with E-state index in [0.717, 1.165) is 16.8 Å². The average Bonchev–Trinajstić information content (AvgIpc) is 2.72. The highest BCUT2D eigenvalue weighted by Crippen LogP contribution is 2.30. The lowest BCUT2D eigenvalue weighted by atomic mass is 9.89. The molecule has 3 rings (SSSR count). The largest absolute Gasteiger partial charge is 0.493 e. The van der Waals surface area contributed by atoms with Gasteiger partial charge in [-0.25, -0.2) is 0 Å². The van der Waals surface area contributed by atoms with E-state index in [1.54, 1.807) is 12.1 Å². The molecule has 1 unspecified atom stereocenters. The predicted molar refractivity (Wildman–Crippen MR) is 108 cm³/mol. The molecule has 0 aromatic heterocycles. The number of halogens is 2. The SMILES string of the molecule is COc1ccc(CCNC(=O)CCC2Cc3ccccc3NC2=O)cc1OC(F)F. The summed E-state index contributed by atoms with van der Waals surface area (Å²) in [5, 5.41) is 5.68. The van der Waals surface area contributed by atoms with Crippen LogP contribution in [-0.4, -0.2) is 32.1 Å². The number of alkyl halides is 2. The van der Waals surface area contributed by atoms with Gasteiger partial charge in [-0.15, -0.1) is 0 Å². The maximum absolute atomic E-state index is 12.5. The minimum Gasteiger partial charge on any atom is -0.493 e. The number of hydrogen-bond acceptors (Lipinski definition) is 4. The molecule has 8 heteroatoms. The first-order valence-corrected chi connectivity index (χ1v) is 9.73. The van der Waals surface area contributed by atoms with E-state index in [1.165, 1.54) is 13.2 Å². The summed E-state index contributed by atoms with van der Waals surface area (Å²) in [6, 6.07) is 12.4. The molecule has 160 valence electrons. The monoisotopic (exact) mass is 418 g/mol. The van der Waals surface area contributed by atoms with Crippen molar-refractivity contribution >= 4 is 17.5 Å². The highest BCUT2D eigenvalue weighted by atomic mass is 19.3. The van der Waals surface area contributed by atoms with E-state index < -0.39 is 6.61 Å². The molecule has 1 heterocycles. The van der Waals surface area contributed by atoms with Crippen molar-refractivity contribution in [1.82, 2.24) is 5.32 Å². The number of benzene rings is 2. The summed E-state index contributed by atoms with van der Waals surface area (Å²) in [5.41, 5.74) is 2.64. The first-order valence-electron chi connectivity index (χ1n) is 9.73. The number of carbonyl (C=O) groups is 2. The third-order valence-corrected chi connectivity index (χ3v) is 5.01. The van der Waals surface area contributed by atoms with E-state index in [1.807, 2.05) is 24.3 Å². The summed E-state index contributed by atoms with van der Waals surface area (Å²) >= 11 is 0. The molecule has 0 saturated carbocycles. The molecule has 0 radical (unpaired) electrons. The molecule has 2 aromatic rings. The van der Waals surface area contributed by atoms with Crippen molar-refractivity contribution in [2.45, 2.75) is 32.3 Å². The van der Waals surface area contributed by atoms with E-state index >= 15 is 0 Å². The Balaban J connectivity index is 1.45. The van der Waals surface area contributed by atoms with E-state index in [0.29, 0.717) is 25.8 Å². The third kappa shape index (κ3) is 5.68. The normalized spacial score (nSPS) is 15.3. The number of methoxy groups -OCH3 is 1. The Bertz CT molecular complexity index is 904. The summed E-state index contributed by atoms with van der Waals surface area (Å²) < 4.78 is 34.5. The molecule has 1 atom stereocenters. The Hall–Kier alpha value is -3.16. The maximum atomic E-state index is 12.5. The minimum absolute atomic E-state index is 0.0417. The summed E-state index contributed by atoms with van der Waals surface area (Å²) in [6.07, 6.45) is 1.77. The molecule has 0 saturated heterocycles. The summed E-state index contributed by atoms with van der Waals surface area (Å²) in [7, 11) is 1.37. The fraction of sp³-hybridized carbons (Fsp3) is 0.364. The number of hydrogen-bond donors (Lipinski definition) is 2. The predicted octanol–water partition coefficient (Wildman–Crippen LogP) is 3.55. The van der Waals surface area contributed by atoms with E-state index in [2.05, 4.69) is 15.4 Å². The quantitative estimate of drug-likeness (QED) is 0.653. The second-order valence-corrected chi connectivity index (χ2v) is 7.05. The molecule has 0 bridgehead atoms. The van der Waals surface area contributed by atoms with Crippen LogP contribution in [0, 0.1) is 5.92 Å². The van der Waals surface area contributed by atoms with Crippen LogP contribution in [0.2, 0.25) is 0 Å². The highest BCUT2D eigenvalue weighted by Gasteiger charge is 2.26. The number of rotatable bonds is 9. The van der Waals surface area contributed by atoms with Crippen LogP contribution in [0.25, 0.3) is 0 Å². The lowest BCUT2D eigenvalue weighted by Gasteiger charge is -2.24. The van der Waals surface area contributed by atoms with Crippen LogP contribution in [0.4, 0.5) is 14.5 Å². The molecule has 2 N–H and O–H groups in total. The lowest BCUT2D eigenvalue weighted by Crippen LogP contribution is -2.32. The van der Waals surface area contributed by atoms with Gasteiger partial charge in [0, 0.05) is 24.6 Å². The number of ether oxygens (including phenoxy) is 2. The smallest absolute Gasteiger partial charge is 0.387 e. The Morgan fingerprint density at radius 3 is 2.80 bits per heavy atom. The maximum Gasteiger partial charge on any atom is 0.387 e. The number of para-hydroxylation sites is 1. The third-order valence-electron chi connectivity index (χ3n) is 5.01. The van der Waals surface area contributed by atoms with Crippen LogP contribution in [0.5, 0.6) is 11.5 Å². The molecule has 0 fully saturated rings. The Morgan fingerprint density at radius 2 is 2.03 bits per heavy atom. The van der Waals surface area contributed by atoms with Crippen molar-refractivity contribution in [2.75, 3.05) is 19.0 Å². The number of nitrogens with one attached hydrogen (secondary N) is 2. The fourth-order valence-electron chi connectivity index (χ4n) is 3.45. The standard InChI is InChI=1S/C22H24F2N2O4/c1-29-18-8-6-14(12-19(18)30-22(23)24)10-11-25-20(27)9-7-16-13-15-4-2-3-5-17(15)26-21(16)28/h2-6,8,12,16,22H,7,9-11,13H2,1H3,(H,25,27)(H,26,28). The Morgan fingerprint density at radius 1 is 1.23 bits per heavy atom. The summed E-state index contributed by atoms with van der Waals surface area (Å²) in [4.78, 5) is 24.4. The average molecular weight is 418 g/mol. The van der Waals surface area contributed by atoms with Crippen LogP contribution in [0.15, 0.2) is 42.5 Å². The van der Waals surface area contributed by atoms with Crippen LogP contribution in [0.3, 0.4) is 0 Å². The molecule has 6 nitrogen and oxygen atoms in total.